The maximum absolute atomic E-state index is 12.4. The molecular weight excluding hydrogens is 296 g/mol. The van der Waals surface area contributed by atoms with Crippen LogP contribution < -0.4 is 0 Å². The number of hydrogen-bond donors (Lipinski definition) is 1. The highest BCUT2D eigenvalue weighted by Gasteiger charge is 2.61. The number of Topliss-reactive ketones (excluding diaryl/α,β-unsaturated/α-hetero) is 1. The Morgan fingerprint density at radius 1 is 1.05 bits per heavy atom. The zero-order chi connectivity index (χ0) is 15.8. The van der Waals surface area contributed by atoms with Gasteiger partial charge in [0, 0.05) is 11.8 Å². The molecule has 0 aromatic rings. The van der Waals surface area contributed by atoms with E-state index in [4.69, 9.17) is 11.6 Å². The van der Waals surface area contributed by atoms with Crippen LogP contribution in [0.3, 0.4) is 0 Å². The molecule has 2 nitrogen and oxygen atoms in total. The normalized spacial score (nSPS) is 57.9. The summed E-state index contributed by atoms with van der Waals surface area (Å²) in [5, 5.41) is 9.30. The maximum Gasteiger partial charge on any atom is 0.139 e. The van der Waals surface area contributed by atoms with Gasteiger partial charge >= 0.3 is 0 Å². The van der Waals surface area contributed by atoms with Crippen LogP contribution in [0.4, 0.5) is 0 Å². The van der Waals surface area contributed by atoms with Gasteiger partial charge in [-0.2, -0.15) is 0 Å². The summed E-state index contributed by atoms with van der Waals surface area (Å²) < 4.78 is 0. The van der Waals surface area contributed by atoms with Gasteiger partial charge in [0.25, 0.3) is 0 Å². The molecule has 22 heavy (non-hydrogen) atoms. The molecular formula is C19H29ClO2. The van der Waals surface area contributed by atoms with Crippen molar-refractivity contribution in [3.8, 4) is 0 Å². The van der Waals surface area contributed by atoms with Crippen molar-refractivity contribution in [2.24, 2.45) is 34.5 Å². The van der Waals surface area contributed by atoms with Crippen molar-refractivity contribution in [1.82, 2.24) is 0 Å². The van der Waals surface area contributed by atoms with Crippen LogP contribution in [0.5, 0.6) is 0 Å². The fourth-order valence-electron chi connectivity index (χ4n) is 6.97. The zero-order valence-corrected chi connectivity index (χ0v) is 14.7. The van der Waals surface area contributed by atoms with E-state index in [1.165, 1.54) is 19.3 Å². The maximum atomic E-state index is 12.4. The Kier molecular flexibility index (Phi) is 3.32. The van der Waals surface area contributed by atoms with Crippen LogP contribution >= 0.6 is 11.6 Å². The van der Waals surface area contributed by atoms with E-state index in [9.17, 15) is 9.90 Å². The van der Waals surface area contributed by atoms with Crippen LogP contribution in [0, 0.1) is 34.5 Å². The summed E-state index contributed by atoms with van der Waals surface area (Å²) in [5.74, 6) is 3.18. The number of ketones is 1. The average Bonchev–Trinajstić information content (AvgIpc) is 2.76. The molecule has 7 atom stereocenters. The van der Waals surface area contributed by atoms with Gasteiger partial charge in [0.1, 0.15) is 10.8 Å². The molecule has 0 spiro atoms. The Morgan fingerprint density at radius 2 is 1.82 bits per heavy atom. The third kappa shape index (κ3) is 1.99. The van der Waals surface area contributed by atoms with Crippen LogP contribution in [0.25, 0.3) is 0 Å². The van der Waals surface area contributed by atoms with E-state index in [0.717, 1.165) is 50.4 Å². The lowest BCUT2D eigenvalue weighted by molar-refractivity contribution is -0.144. The summed E-state index contributed by atoms with van der Waals surface area (Å²) in [6.45, 7) is 4.70. The van der Waals surface area contributed by atoms with Gasteiger partial charge in [-0.3, -0.25) is 4.79 Å². The van der Waals surface area contributed by atoms with Crippen LogP contribution in [0.1, 0.15) is 71.6 Å². The molecule has 0 saturated heterocycles. The molecule has 1 unspecified atom stereocenters. The Labute approximate surface area is 139 Å². The van der Waals surface area contributed by atoms with Gasteiger partial charge in [-0.05, 0) is 80.5 Å². The van der Waals surface area contributed by atoms with E-state index in [0.29, 0.717) is 23.0 Å². The summed E-state index contributed by atoms with van der Waals surface area (Å²) in [5.41, 5.74) is 0.309. The van der Waals surface area contributed by atoms with Gasteiger partial charge in [-0.25, -0.2) is 0 Å². The standard InChI is InChI=1S/C19H29ClO2/c1-17-9-10-19(20,22)11-12(17)3-4-13-14-5-6-16(21)18(14,2)8-7-15(13)17/h12-15,22H,3-11H2,1-2H3/t12?,13-,14-,15-,17-,18-,19+/m0/s1. The summed E-state index contributed by atoms with van der Waals surface area (Å²) in [4.78, 5) is 12.4. The molecule has 4 rings (SSSR count). The number of aliphatic hydroxyl groups is 1. The quantitative estimate of drug-likeness (QED) is 0.665. The topological polar surface area (TPSA) is 37.3 Å². The Hall–Kier alpha value is -0.0800. The first-order valence-electron chi connectivity index (χ1n) is 9.21. The fraction of sp³-hybridized carbons (Fsp3) is 0.947. The van der Waals surface area contributed by atoms with Gasteiger partial charge in [0.2, 0.25) is 0 Å². The van der Waals surface area contributed by atoms with E-state index in [1.54, 1.807) is 0 Å². The molecule has 4 aliphatic rings. The molecule has 0 aliphatic heterocycles. The minimum absolute atomic E-state index is 0.0216. The van der Waals surface area contributed by atoms with Crippen molar-refractivity contribution >= 4 is 17.4 Å². The highest BCUT2D eigenvalue weighted by molar-refractivity contribution is 6.22. The van der Waals surface area contributed by atoms with Crippen LogP contribution in [0.15, 0.2) is 0 Å². The first-order valence-corrected chi connectivity index (χ1v) is 9.59. The molecule has 1 N–H and O–H groups in total. The second kappa shape index (κ2) is 4.72. The monoisotopic (exact) mass is 324 g/mol. The lowest BCUT2D eigenvalue weighted by Gasteiger charge is -2.60. The predicted octanol–water partition coefficient (Wildman–Crippen LogP) is 4.53. The van der Waals surface area contributed by atoms with E-state index in [2.05, 4.69) is 13.8 Å². The second-order valence-electron chi connectivity index (χ2n) is 9.20. The zero-order valence-electron chi connectivity index (χ0n) is 13.9. The molecule has 0 heterocycles. The number of carbonyl (C=O) groups excluding carboxylic acids is 1. The number of rotatable bonds is 0. The first kappa shape index (κ1) is 15.4. The molecule has 0 radical (unpaired) electrons. The Morgan fingerprint density at radius 3 is 2.59 bits per heavy atom. The van der Waals surface area contributed by atoms with Gasteiger partial charge in [-0.15, -0.1) is 0 Å². The summed E-state index contributed by atoms with van der Waals surface area (Å²) in [6, 6.07) is 0. The van der Waals surface area contributed by atoms with Gasteiger partial charge in [0.05, 0.1) is 0 Å². The highest BCUT2D eigenvalue weighted by atomic mass is 35.5. The molecule has 124 valence electrons. The van der Waals surface area contributed by atoms with Crippen LogP contribution in [-0.2, 0) is 4.79 Å². The SMILES string of the molecule is C[C@]12CC[C@](O)(Cl)CC1CC[C@@H]1[C@@H]2CC[C@]2(C)C(=O)CC[C@@H]12. The van der Waals surface area contributed by atoms with Crippen molar-refractivity contribution in [2.45, 2.75) is 76.7 Å². The number of hydrogen-bond acceptors (Lipinski definition) is 2. The molecule has 0 aromatic carbocycles. The minimum Gasteiger partial charge on any atom is -0.375 e. The van der Waals surface area contributed by atoms with Crippen molar-refractivity contribution in [1.29, 1.82) is 0 Å². The van der Waals surface area contributed by atoms with E-state index < -0.39 is 5.06 Å². The molecule has 0 bridgehead atoms. The van der Waals surface area contributed by atoms with E-state index in [-0.39, 0.29) is 5.41 Å². The molecule has 4 fully saturated rings. The molecule has 0 aromatic heterocycles. The van der Waals surface area contributed by atoms with Crippen molar-refractivity contribution in [3.05, 3.63) is 0 Å². The summed E-state index contributed by atoms with van der Waals surface area (Å²) >= 11 is 6.27. The van der Waals surface area contributed by atoms with Gasteiger partial charge in [-0.1, -0.05) is 25.4 Å². The van der Waals surface area contributed by atoms with Crippen molar-refractivity contribution < 1.29 is 9.90 Å². The van der Waals surface area contributed by atoms with Crippen molar-refractivity contribution in [3.63, 3.8) is 0 Å². The third-order valence-electron chi connectivity index (χ3n) is 8.38. The summed E-state index contributed by atoms with van der Waals surface area (Å²) in [6.07, 6.45) is 9.20. The first-order chi connectivity index (χ1) is 10.3. The number of fused-ring (bicyclic) bond motifs is 5. The van der Waals surface area contributed by atoms with E-state index in [1.807, 2.05) is 0 Å². The van der Waals surface area contributed by atoms with E-state index >= 15 is 0 Å². The Bertz CT molecular complexity index is 502. The molecule has 3 heteroatoms. The second-order valence-corrected chi connectivity index (χ2v) is 9.90. The van der Waals surface area contributed by atoms with Crippen LogP contribution in [0.2, 0.25) is 0 Å². The van der Waals surface area contributed by atoms with Gasteiger partial charge < -0.3 is 5.11 Å². The Balaban J connectivity index is 1.63. The lowest BCUT2D eigenvalue weighted by Crippen LogP contribution is -2.55. The number of halogens is 1. The fourth-order valence-corrected chi connectivity index (χ4v) is 7.25. The van der Waals surface area contributed by atoms with Crippen molar-refractivity contribution in [2.75, 3.05) is 0 Å². The molecule has 4 saturated carbocycles. The minimum atomic E-state index is -0.969. The largest absolute Gasteiger partial charge is 0.375 e. The smallest absolute Gasteiger partial charge is 0.139 e. The lowest BCUT2D eigenvalue weighted by atomic mass is 9.45. The van der Waals surface area contributed by atoms with Gasteiger partial charge in [0.15, 0.2) is 0 Å². The molecule has 0 amide bonds. The highest BCUT2D eigenvalue weighted by Crippen LogP contribution is 2.66. The number of carbonyl (C=O) groups is 1. The molecule has 4 aliphatic carbocycles. The predicted molar refractivity (Wildman–Crippen MR) is 87.5 cm³/mol. The third-order valence-corrected chi connectivity index (χ3v) is 8.72. The summed E-state index contributed by atoms with van der Waals surface area (Å²) in [7, 11) is 0. The van der Waals surface area contributed by atoms with Crippen LogP contribution in [-0.4, -0.2) is 16.0 Å². The number of alkyl halides is 1. The average molecular weight is 325 g/mol.